The van der Waals surface area contributed by atoms with E-state index in [1.165, 1.54) is 5.56 Å². The maximum atomic E-state index is 12.6. The third-order valence-electron chi connectivity index (χ3n) is 3.93. The molecule has 1 aliphatic rings. The van der Waals surface area contributed by atoms with E-state index in [2.05, 4.69) is 36.2 Å². The standard InChI is InChI=1S/C17H27N3O/c1-15(2)20(13-16-7-4-3-5-8-16)17(21)14-19-11-6-9-18-10-12-19/h3-5,7-8,15,18H,6,9-14H2,1-2H3. The van der Waals surface area contributed by atoms with Crippen LogP contribution >= 0.6 is 0 Å². The van der Waals surface area contributed by atoms with Crippen molar-refractivity contribution >= 4 is 5.91 Å². The zero-order valence-electron chi connectivity index (χ0n) is 13.2. The molecule has 1 amide bonds. The van der Waals surface area contributed by atoms with E-state index in [0.717, 1.165) is 32.6 Å². The quantitative estimate of drug-likeness (QED) is 0.896. The Morgan fingerprint density at radius 1 is 1.24 bits per heavy atom. The first-order chi connectivity index (χ1) is 10.2. The lowest BCUT2D eigenvalue weighted by Gasteiger charge is -2.30. The molecule has 0 aliphatic carbocycles. The lowest BCUT2D eigenvalue weighted by Crippen LogP contribution is -2.44. The third-order valence-corrected chi connectivity index (χ3v) is 3.93. The van der Waals surface area contributed by atoms with Gasteiger partial charge in [0, 0.05) is 25.7 Å². The summed E-state index contributed by atoms with van der Waals surface area (Å²) in [7, 11) is 0. The molecule has 1 aromatic carbocycles. The van der Waals surface area contributed by atoms with E-state index in [4.69, 9.17) is 0 Å². The van der Waals surface area contributed by atoms with Gasteiger partial charge in [0.05, 0.1) is 6.54 Å². The minimum atomic E-state index is 0.225. The van der Waals surface area contributed by atoms with Crippen LogP contribution < -0.4 is 5.32 Å². The Balaban J connectivity index is 1.95. The number of benzene rings is 1. The fraction of sp³-hybridized carbons (Fsp3) is 0.588. The van der Waals surface area contributed by atoms with Gasteiger partial charge in [0.25, 0.3) is 0 Å². The van der Waals surface area contributed by atoms with Gasteiger partial charge in [0.2, 0.25) is 5.91 Å². The normalized spacial score (nSPS) is 16.7. The molecule has 1 aliphatic heterocycles. The van der Waals surface area contributed by atoms with Gasteiger partial charge in [0.1, 0.15) is 0 Å². The summed E-state index contributed by atoms with van der Waals surface area (Å²) in [6.07, 6.45) is 1.12. The molecule has 0 bridgehead atoms. The van der Waals surface area contributed by atoms with Crippen LogP contribution in [0, 0.1) is 0 Å². The van der Waals surface area contributed by atoms with Gasteiger partial charge in [-0.2, -0.15) is 0 Å². The minimum absolute atomic E-state index is 0.225. The Bertz CT molecular complexity index is 425. The molecule has 0 saturated carbocycles. The van der Waals surface area contributed by atoms with Crippen molar-refractivity contribution in [3.63, 3.8) is 0 Å². The zero-order chi connectivity index (χ0) is 15.1. The predicted molar refractivity (Wildman–Crippen MR) is 86.1 cm³/mol. The summed E-state index contributed by atoms with van der Waals surface area (Å²) in [6, 6.07) is 10.5. The number of hydrogen-bond acceptors (Lipinski definition) is 3. The van der Waals surface area contributed by atoms with Crippen LogP contribution in [0.25, 0.3) is 0 Å². The van der Waals surface area contributed by atoms with E-state index in [0.29, 0.717) is 13.1 Å². The second-order valence-corrected chi connectivity index (χ2v) is 5.98. The van der Waals surface area contributed by atoms with Crippen LogP contribution in [0.15, 0.2) is 30.3 Å². The average Bonchev–Trinajstić information content (AvgIpc) is 2.74. The third kappa shape index (κ3) is 5.14. The Morgan fingerprint density at radius 3 is 2.71 bits per heavy atom. The number of carbonyl (C=O) groups is 1. The lowest BCUT2D eigenvalue weighted by atomic mass is 10.2. The van der Waals surface area contributed by atoms with Gasteiger partial charge in [-0.3, -0.25) is 9.69 Å². The molecule has 0 radical (unpaired) electrons. The molecule has 1 heterocycles. The van der Waals surface area contributed by atoms with Gasteiger partial charge in [-0.25, -0.2) is 0 Å². The van der Waals surface area contributed by atoms with Gasteiger partial charge in [0.15, 0.2) is 0 Å². The van der Waals surface area contributed by atoms with Crippen LogP contribution in [0.1, 0.15) is 25.8 Å². The van der Waals surface area contributed by atoms with E-state index in [1.807, 2.05) is 23.1 Å². The van der Waals surface area contributed by atoms with Crippen molar-refractivity contribution in [1.29, 1.82) is 0 Å². The van der Waals surface area contributed by atoms with Crippen LogP contribution in [-0.2, 0) is 11.3 Å². The van der Waals surface area contributed by atoms with Crippen LogP contribution in [-0.4, -0.2) is 54.5 Å². The number of hydrogen-bond donors (Lipinski definition) is 1. The molecule has 0 unspecified atom stereocenters. The summed E-state index contributed by atoms with van der Waals surface area (Å²) in [4.78, 5) is 16.9. The largest absolute Gasteiger partial charge is 0.335 e. The van der Waals surface area contributed by atoms with Crippen LogP contribution in [0.2, 0.25) is 0 Å². The first-order valence-electron chi connectivity index (χ1n) is 7.93. The van der Waals surface area contributed by atoms with E-state index in [9.17, 15) is 4.79 Å². The van der Waals surface area contributed by atoms with Crippen molar-refractivity contribution in [1.82, 2.24) is 15.1 Å². The van der Waals surface area contributed by atoms with Crippen molar-refractivity contribution in [3.05, 3.63) is 35.9 Å². The van der Waals surface area contributed by atoms with Crippen molar-refractivity contribution in [2.75, 3.05) is 32.7 Å². The van der Waals surface area contributed by atoms with Crippen molar-refractivity contribution in [2.45, 2.75) is 32.9 Å². The summed E-state index contributed by atoms with van der Waals surface area (Å²) in [5.74, 6) is 0.232. The molecule has 0 spiro atoms. The fourth-order valence-electron chi connectivity index (χ4n) is 2.68. The molecular weight excluding hydrogens is 262 g/mol. The Labute approximate surface area is 128 Å². The summed E-state index contributed by atoms with van der Waals surface area (Å²) in [5, 5.41) is 3.38. The highest BCUT2D eigenvalue weighted by molar-refractivity contribution is 5.78. The van der Waals surface area contributed by atoms with Gasteiger partial charge in [-0.15, -0.1) is 0 Å². The molecule has 1 N–H and O–H groups in total. The average molecular weight is 289 g/mol. The second-order valence-electron chi connectivity index (χ2n) is 5.98. The van der Waals surface area contributed by atoms with E-state index < -0.39 is 0 Å². The SMILES string of the molecule is CC(C)N(Cc1ccccc1)C(=O)CN1CCCNCC1. The zero-order valence-corrected chi connectivity index (χ0v) is 13.2. The maximum absolute atomic E-state index is 12.6. The van der Waals surface area contributed by atoms with Gasteiger partial charge in [-0.05, 0) is 38.9 Å². The molecule has 0 atom stereocenters. The van der Waals surface area contributed by atoms with E-state index in [1.54, 1.807) is 0 Å². The number of amides is 1. The minimum Gasteiger partial charge on any atom is -0.335 e. The number of nitrogens with zero attached hydrogens (tertiary/aromatic N) is 2. The Hall–Kier alpha value is -1.39. The Kier molecular flexibility index (Phi) is 6.21. The topological polar surface area (TPSA) is 35.6 Å². The first-order valence-corrected chi connectivity index (χ1v) is 7.93. The molecule has 1 fully saturated rings. The maximum Gasteiger partial charge on any atom is 0.237 e. The molecule has 21 heavy (non-hydrogen) atoms. The summed E-state index contributed by atoms with van der Waals surface area (Å²) >= 11 is 0. The predicted octanol–water partition coefficient (Wildman–Crippen LogP) is 1.72. The number of rotatable bonds is 5. The molecule has 4 heteroatoms. The van der Waals surface area contributed by atoms with Crippen LogP contribution in [0.3, 0.4) is 0 Å². The highest BCUT2D eigenvalue weighted by Gasteiger charge is 2.20. The van der Waals surface area contributed by atoms with E-state index >= 15 is 0 Å². The number of carbonyl (C=O) groups excluding carboxylic acids is 1. The molecule has 1 aromatic rings. The van der Waals surface area contributed by atoms with Gasteiger partial charge in [-0.1, -0.05) is 30.3 Å². The monoisotopic (exact) mass is 289 g/mol. The number of nitrogens with one attached hydrogen (secondary N) is 1. The highest BCUT2D eigenvalue weighted by atomic mass is 16.2. The second kappa shape index (κ2) is 8.15. The van der Waals surface area contributed by atoms with Crippen molar-refractivity contribution < 1.29 is 4.79 Å². The first kappa shape index (κ1) is 16.0. The van der Waals surface area contributed by atoms with Crippen molar-refractivity contribution in [2.24, 2.45) is 0 Å². The summed E-state index contributed by atoms with van der Waals surface area (Å²) in [5.41, 5.74) is 1.19. The summed E-state index contributed by atoms with van der Waals surface area (Å²) in [6.45, 7) is 9.42. The highest BCUT2D eigenvalue weighted by Crippen LogP contribution is 2.09. The molecular formula is C17H27N3O. The van der Waals surface area contributed by atoms with Crippen molar-refractivity contribution in [3.8, 4) is 0 Å². The molecule has 116 valence electrons. The van der Waals surface area contributed by atoms with Gasteiger partial charge >= 0.3 is 0 Å². The van der Waals surface area contributed by atoms with Crippen LogP contribution in [0.5, 0.6) is 0 Å². The smallest absolute Gasteiger partial charge is 0.237 e. The van der Waals surface area contributed by atoms with Gasteiger partial charge < -0.3 is 10.2 Å². The van der Waals surface area contributed by atoms with Crippen LogP contribution in [0.4, 0.5) is 0 Å². The Morgan fingerprint density at radius 2 is 2.00 bits per heavy atom. The molecule has 1 saturated heterocycles. The van der Waals surface area contributed by atoms with E-state index in [-0.39, 0.29) is 11.9 Å². The molecule has 4 nitrogen and oxygen atoms in total. The fourth-order valence-corrected chi connectivity index (χ4v) is 2.68. The summed E-state index contributed by atoms with van der Waals surface area (Å²) < 4.78 is 0. The molecule has 2 rings (SSSR count). The molecule has 0 aromatic heterocycles. The lowest BCUT2D eigenvalue weighted by molar-refractivity contribution is -0.134.